The Hall–Kier alpha value is -3.00. The summed E-state index contributed by atoms with van der Waals surface area (Å²) in [5, 5.41) is 12.7. The van der Waals surface area contributed by atoms with Gasteiger partial charge in [0.25, 0.3) is 0 Å². The number of nitrogens with one attached hydrogen (secondary N) is 1. The standard InChI is InChI=1S/C21H19FN6S/c22-14-4-1-11-24-19(14)21(8-3-9-21)13-26-18-7-6-16(27-28-18)20-25-12-17(29-20)15-5-2-10-23-15/h1-2,4-7,11-12H,3,8-10,13H2,(H,26,28). The number of rotatable bonds is 6. The SMILES string of the molecule is Fc1cccnc1C1(CNc2ccc(-c3ncc(C4=NCC=C4)s3)nn2)CCC1. The highest BCUT2D eigenvalue weighted by Crippen LogP contribution is 2.43. The highest BCUT2D eigenvalue weighted by Gasteiger charge is 2.41. The third-order valence-corrected chi connectivity index (χ3v) is 6.51. The van der Waals surface area contributed by atoms with E-state index in [1.165, 1.54) is 6.07 Å². The third-order valence-electron chi connectivity index (χ3n) is 5.46. The van der Waals surface area contributed by atoms with Gasteiger partial charge in [0.2, 0.25) is 0 Å². The summed E-state index contributed by atoms with van der Waals surface area (Å²) < 4.78 is 14.2. The van der Waals surface area contributed by atoms with E-state index in [0.29, 0.717) is 18.1 Å². The highest BCUT2D eigenvalue weighted by atomic mass is 32.1. The average molecular weight is 406 g/mol. The molecule has 0 unspecified atom stereocenters. The van der Waals surface area contributed by atoms with Gasteiger partial charge in [-0.1, -0.05) is 12.5 Å². The maximum atomic E-state index is 14.2. The molecule has 1 saturated carbocycles. The quantitative estimate of drug-likeness (QED) is 0.669. The molecule has 6 nitrogen and oxygen atoms in total. The molecule has 3 aromatic rings. The number of nitrogens with zero attached hydrogens (tertiary/aromatic N) is 5. The molecule has 0 amide bonds. The second kappa shape index (κ2) is 7.44. The first-order chi connectivity index (χ1) is 14.2. The summed E-state index contributed by atoms with van der Waals surface area (Å²) in [6.07, 6.45) is 10.4. The molecule has 5 rings (SSSR count). The van der Waals surface area contributed by atoms with Crippen LogP contribution < -0.4 is 5.32 Å². The van der Waals surface area contributed by atoms with Gasteiger partial charge >= 0.3 is 0 Å². The van der Waals surface area contributed by atoms with Crippen molar-refractivity contribution in [3.05, 3.63) is 65.2 Å². The van der Waals surface area contributed by atoms with E-state index in [9.17, 15) is 4.39 Å². The smallest absolute Gasteiger partial charge is 0.148 e. The summed E-state index contributed by atoms with van der Waals surface area (Å²) >= 11 is 1.55. The van der Waals surface area contributed by atoms with Gasteiger partial charge in [0.1, 0.15) is 22.3 Å². The van der Waals surface area contributed by atoms with Gasteiger partial charge in [-0.3, -0.25) is 9.98 Å². The predicted molar refractivity (Wildman–Crippen MR) is 112 cm³/mol. The van der Waals surface area contributed by atoms with Crippen LogP contribution in [0.5, 0.6) is 0 Å². The molecule has 146 valence electrons. The van der Waals surface area contributed by atoms with E-state index < -0.39 is 0 Å². The van der Waals surface area contributed by atoms with E-state index in [2.05, 4.69) is 30.5 Å². The third kappa shape index (κ3) is 3.44. The molecular weight excluding hydrogens is 387 g/mol. The van der Waals surface area contributed by atoms with Crippen molar-refractivity contribution in [1.29, 1.82) is 0 Å². The van der Waals surface area contributed by atoms with E-state index in [-0.39, 0.29) is 11.2 Å². The molecule has 4 heterocycles. The molecule has 0 saturated heterocycles. The maximum Gasteiger partial charge on any atom is 0.148 e. The number of anilines is 1. The normalized spacial score (nSPS) is 17.1. The Morgan fingerprint density at radius 1 is 1.14 bits per heavy atom. The van der Waals surface area contributed by atoms with E-state index in [1.54, 1.807) is 23.6 Å². The molecular formula is C21H19FN6S. The van der Waals surface area contributed by atoms with Gasteiger partial charge in [0.15, 0.2) is 0 Å². The lowest BCUT2D eigenvalue weighted by Gasteiger charge is -2.41. The molecule has 0 atom stereocenters. The van der Waals surface area contributed by atoms with E-state index in [1.807, 2.05) is 30.5 Å². The number of halogens is 1. The molecule has 1 N–H and O–H groups in total. The molecule has 0 aromatic carbocycles. The Morgan fingerprint density at radius 3 is 2.76 bits per heavy atom. The summed E-state index contributed by atoms with van der Waals surface area (Å²) in [6, 6.07) is 6.89. The number of thiazole rings is 1. The van der Waals surface area contributed by atoms with Crippen molar-refractivity contribution in [3.63, 3.8) is 0 Å². The number of aromatic nitrogens is 4. The Kier molecular flexibility index (Phi) is 4.63. The van der Waals surface area contributed by atoms with E-state index in [0.717, 1.165) is 47.1 Å². The number of pyridine rings is 1. The fourth-order valence-electron chi connectivity index (χ4n) is 3.72. The van der Waals surface area contributed by atoms with Crippen LogP contribution in [0.3, 0.4) is 0 Å². The zero-order chi connectivity index (χ0) is 19.7. The van der Waals surface area contributed by atoms with Crippen LogP contribution in [0.15, 0.2) is 53.8 Å². The van der Waals surface area contributed by atoms with E-state index in [4.69, 9.17) is 0 Å². The maximum absolute atomic E-state index is 14.2. The molecule has 0 bridgehead atoms. The Morgan fingerprint density at radius 2 is 2.07 bits per heavy atom. The number of hydrogen-bond donors (Lipinski definition) is 1. The van der Waals surface area contributed by atoms with Gasteiger partial charge in [-0.05, 0) is 43.2 Å². The van der Waals surface area contributed by atoms with Crippen molar-refractivity contribution < 1.29 is 4.39 Å². The molecule has 2 aliphatic rings. The first-order valence-corrected chi connectivity index (χ1v) is 10.4. The van der Waals surface area contributed by atoms with Crippen molar-refractivity contribution >= 4 is 22.9 Å². The average Bonchev–Trinajstić information content (AvgIpc) is 3.41. The van der Waals surface area contributed by atoms with Crippen LogP contribution in [0.2, 0.25) is 0 Å². The zero-order valence-corrected chi connectivity index (χ0v) is 16.5. The van der Waals surface area contributed by atoms with Gasteiger partial charge < -0.3 is 5.32 Å². The molecule has 8 heteroatoms. The fourth-order valence-corrected chi connectivity index (χ4v) is 4.59. The first kappa shape index (κ1) is 18.1. The largest absolute Gasteiger partial charge is 0.368 e. The van der Waals surface area contributed by atoms with Gasteiger partial charge in [-0.25, -0.2) is 9.37 Å². The van der Waals surface area contributed by atoms with Crippen LogP contribution in [0, 0.1) is 5.82 Å². The molecule has 0 radical (unpaired) electrons. The van der Waals surface area contributed by atoms with E-state index >= 15 is 0 Å². The topological polar surface area (TPSA) is 76.0 Å². The summed E-state index contributed by atoms with van der Waals surface area (Å²) in [5.74, 6) is 0.424. The fraction of sp³-hybridized carbons (Fsp3) is 0.286. The van der Waals surface area contributed by atoms with Gasteiger partial charge in [0.05, 0.1) is 22.8 Å². The second-order valence-electron chi connectivity index (χ2n) is 7.28. The Labute approximate surface area is 171 Å². The lowest BCUT2D eigenvalue weighted by Crippen LogP contribution is -2.42. The number of hydrogen-bond acceptors (Lipinski definition) is 7. The van der Waals surface area contributed by atoms with Crippen LogP contribution in [0.1, 0.15) is 29.8 Å². The number of allylic oxidation sites excluding steroid dienone is 1. The van der Waals surface area contributed by atoms with Crippen LogP contribution in [-0.2, 0) is 5.41 Å². The molecule has 1 fully saturated rings. The van der Waals surface area contributed by atoms with Crippen LogP contribution >= 0.6 is 11.3 Å². The Balaban J connectivity index is 1.29. The molecule has 1 aliphatic heterocycles. The van der Waals surface area contributed by atoms with Crippen molar-refractivity contribution in [2.45, 2.75) is 24.7 Å². The zero-order valence-electron chi connectivity index (χ0n) is 15.7. The monoisotopic (exact) mass is 406 g/mol. The molecule has 0 spiro atoms. The minimum Gasteiger partial charge on any atom is -0.368 e. The molecule has 1 aliphatic carbocycles. The summed E-state index contributed by atoms with van der Waals surface area (Å²) in [5.41, 5.74) is 1.96. The van der Waals surface area contributed by atoms with Gasteiger partial charge in [-0.2, -0.15) is 0 Å². The number of aliphatic imine (C=N–C) groups is 1. The minimum atomic E-state index is -0.272. The van der Waals surface area contributed by atoms with Gasteiger partial charge in [-0.15, -0.1) is 21.5 Å². The molecule has 3 aromatic heterocycles. The summed E-state index contributed by atoms with van der Waals surface area (Å²) in [4.78, 5) is 14.2. The highest BCUT2D eigenvalue weighted by molar-refractivity contribution is 7.17. The van der Waals surface area contributed by atoms with Crippen LogP contribution in [-0.4, -0.2) is 39.0 Å². The van der Waals surface area contributed by atoms with Crippen molar-refractivity contribution in [1.82, 2.24) is 20.2 Å². The van der Waals surface area contributed by atoms with Gasteiger partial charge in [0, 0.05) is 24.4 Å². The lowest BCUT2D eigenvalue weighted by molar-refractivity contribution is 0.243. The van der Waals surface area contributed by atoms with Crippen LogP contribution in [0.4, 0.5) is 10.2 Å². The predicted octanol–water partition coefficient (Wildman–Crippen LogP) is 4.03. The molecule has 29 heavy (non-hydrogen) atoms. The van der Waals surface area contributed by atoms with Crippen molar-refractivity contribution in [2.24, 2.45) is 4.99 Å². The second-order valence-corrected chi connectivity index (χ2v) is 8.31. The van der Waals surface area contributed by atoms with Crippen molar-refractivity contribution in [3.8, 4) is 10.7 Å². The van der Waals surface area contributed by atoms with Crippen LogP contribution in [0.25, 0.3) is 10.7 Å². The summed E-state index contributed by atoms with van der Waals surface area (Å²) in [6.45, 7) is 1.31. The lowest BCUT2D eigenvalue weighted by atomic mass is 9.66. The minimum absolute atomic E-state index is 0.239. The summed E-state index contributed by atoms with van der Waals surface area (Å²) in [7, 11) is 0. The van der Waals surface area contributed by atoms with Crippen molar-refractivity contribution in [2.75, 3.05) is 18.4 Å². The Bertz CT molecular complexity index is 1080. The first-order valence-electron chi connectivity index (χ1n) is 9.60.